The molecule has 110 valence electrons. The highest BCUT2D eigenvalue weighted by atomic mass is 16.5. The van der Waals surface area contributed by atoms with E-state index in [0.717, 1.165) is 6.42 Å². The molecule has 20 heavy (non-hydrogen) atoms. The molecule has 0 aliphatic rings. The number of carbonyl (C=O) groups excluding carboxylic acids is 2. The molecule has 0 aliphatic heterocycles. The third-order valence-electron chi connectivity index (χ3n) is 2.83. The van der Waals surface area contributed by atoms with E-state index < -0.39 is 0 Å². The predicted octanol–water partition coefficient (Wildman–Crippen LogP) is 1.38. The summed E-state index contributed by atoms with van der Waals surface area (Å²) in [6, 6.07) is 3.06. The number of hydrogen-bond acceptors (Lipinski definition) is 5. The summed E-state index contributed by atoms with van der Waals surface area (Å²) < 4.78 is 10.5. The lowest BCUT2D eigenvalue weighted by molar-refractivity contribution is -0.123. The highest BCUT2D eigenvalue weighted by Gasteiger charge is 2.13. The van der Waals surface area contributed by atoms with Gasteiger partial charge in [0.2, 0.25) is 0 Å². The fraction of sp³-hybridized carbons (Fsp3) is 0.429. The van der Waals surface area contributed by atoms with Gasteiger partial charge < -0.3 is 20.5 Å². The molecule has 0 bridgehead atoms. The van der Waals surface area contributed by atoms with Crippen molar-refractivity contribution in [1.29, 1.82) is 0 Å². The van der Waals surface area contributed by atoms with Crippen molar-refractivity contribution >= 4 is 17.9 Å². The summed E-state index contributed by atoms with van der Waals surface area (Å²) in [5.41, 5.74) is 6.43. The minimum Gasteiger partial charge on any atom is -0.493 e. The van der Waals surface area contributed by atoms with Crippen LogP contribution in [-0.2, 0) is 4.79 Å². The average Bonchev–Trinajstić information content (AvgIpc) is 2.44. The molecule has 6 heteroatoms. The van der Waals surface area contributed by atoms with Crippen molar-refractivity contribution in [2.24, 2.45) is 0 Å². The van der Waals surface area contributed by atoms with E-state index in [0.29, 0.717) is 17.6 Å². The second kappa shape index (κ2) is 7.37. The number of nitrogen functional groups attached to an aromatic ring is 1. The van der Waals surface area contributed by atoms with Crippen LogP contribution in [0.5, 0.6) is 11.5 Å². The number of anilines is 1. The summed E-state index contributed by atoms with van der Waals surface area (Å²) >= 11 is 0. The summed E-state index contributed by atoms with van der Waals surface area (Å²) in [6.07, 6.45) is 1.50. The number of carbonyl (C=O) groups is 2. The topological polar surface area (TPSA) is 90.6 Å². The molecule has 0 aliphatic carbocycles. The van der Waals surface area contributed by atoms with Gasteiger partial charge in [0.1, 0.15) is 6.29 Å². The normalized spacial score (nSPS) is 11.6. The number of ether oxygens (including phenoxy) is 2. The first-order valence-electron chi connectivity index (χ1n) is 6.36. The molecular formula is C14H20N2O4. The number of nitrogens with two attached hydrogens (primary N) is 1. The SMILES string of the molecule is CCC(C)NC(=O)COc1c(N)cc(C=O)cc1OC. The molecule has 1 unspecified atom stereocenters. The minimum atomic E-state index is -0.236. The molecule has 1 amide bonds. The lowest BCUT2D eigenvalue weighted by Crippen LogP contribution is -2.35. The predicted molar refractivity (Wildman–Crippen MR) is 76.2 cm³/mol. The monoisotopic (exact) mass is 280 g/mol. The Kier molecular flexibility index (Phi) is 5.83. The molecule has 0 fully saturated rings. The number of methoxy groups -OCH3 is 1. The van der Waals surface area contributed by atoms with Gasteiger partial charge in [-0.2, -0.15) is 0 Å². The van der Waals surface area contributed by atoms with Gasteiger partial charge >= 0.3 is 0 Å². The molecule has 0 aromatic heterocycles. The summed E-state index contributed by atoms with van der Waals surface area (Å²) in [5.74, 6) is 0.348. The molecule has 1 aromatic rings. The van der Waals surface area contributed by atoms with Crippen LogP contribution < -0.4 is 20.5 Å². The molecule has 0 heterocycles. The van der Waals surface area contributed by atoms with Gasteiger partial charge in [0.05, 0.1) is 12.8 Å². The average molecular weight is 280 g/mol. The first kappa shape index (κ1) is 15.8. The van der Waals surface area contributed by atoms with Crippen LogP contribution in [-0.4, -0.2) is 32.0 Å². The lowest BCUT2D eigenvalue weighted by atomic mass is 10.2. The van der Waals surface area contributed by atoms with E-state index in [4.69, 9.17) is 15.2 Å². The van der Waals surface area contributed by atoms with Crippen LogP contribution in [0.1, 0.15) is 30.6 Å². The molecule has 1 atom stereocenters. The highest BCUT2D eigenvalue weighted by Crippen LogP contribution is 2.34. The quantitative estimate of drug-likeness (QED) is 0.581. The van der Waals surface area contributed by atoms with Crippen molar-refractivity contribution < 1.29 is 19.1 Å². The number of amides is 1. The van der Waals surface area contributed by atoms with Crippen molar-refractivity contribution in [3.8, 4) is 11.5 Å². The van der Waals surface area contributed by atoms with Crippen molar-refractivity contribution in [2.75, 3.05) is 19.5 Å². The van der Waals surface area contributed by atoms with E-state index in [1.54, 1.807) is 0 Å². The van der Waals surface area contributed by atoms with E-state index in [-0.39, 0.29) is 30.0 Å². The summed E-state index contributed by atoms with van der Waals surface area (Å²) in [6.45, 7) is 3.72. The summed E-state index contributed by atoms with van der Waals surface area (Å²) in [7, 11) is 1.44. The zero-order chi connectivity index (χ0) is 15.1. The Labute approximate surface area is 118 Å². The molecule has 0 saturated carbocycles. The van der Waals surface area contributed by atoms with Crippen LogP contribution in [0.15, 0.2) is 12.1 Å². The maximum Gasteiger partial charge on any atom is 0.258 e. The van der Waals surface area contributed by atoms with Gasteiger partial charge in [0, 0.05) is 11.6 Å². The van der Waals surface area contributed by atoms with Crippen molar-refractivity contribution in [1.82, 2.24) is 5.32 Å². The molecule has 0 saturated heterocycles. The number of nitrogens with one attached hydrogen (secondary N) is 1. The third-order valence-corrected chi connectivity index (χ3v) is 2.83. The van der Waals surface area contributed by atoms with Crippen LogP contribution in [0.4, 0.5) is 5.69 Å². The molecule has 0 radical (unpaired) electrons. The second-order valence-electron chi connectivity index (χ2n) is 4.42. The number of hydrogen-bond donors (Lipinski definition) is 2. The Morgan fingerprint density at radius 3 is 2.75 bits per heavy atom. The first-order chi connectivity index (χ1) is 9.51. The smallest absolute Gasteiger partial charge is 0.258 e. The molecule has 1 aromatic carbocycles. The zero-order valence-electron chi connectivity index (χ0n) is 11.9. The van der Waals surface area contributed by atoms with E-state index >= 15 is 0 Å². The maximum atomic E-state index is 11.6. The molecule has 3 N–H and O–H groups in total. The standard InChI is InChI=1S/C14H20N2O4/c1-4-9(2)16-13(18)8-20-14-11(15)5-10(7-17)6-12(14)19-3/h5-7,9H,4,8,15H2,1-3H3,(H,16,18). The fourth-order valence-corrected chi connectivity index (χ4v) is 1.58. The largest absolute Gasteiger partial charge is 0.493 e. The van der Waals surface area contributed by atoms with Gasteiger partial charge in [0.15, 0.2) is 18.1 Å². The van der Waals surface area contributed by atoms with Crippen molar-refractivity contribution in [3.05, 3.63) is 17.7 Å². The fourth-order valence-electron chi connectivity index (χ4n) is 1.58. The van der Waals surface area contributed by atoms with Crippen LogP contribution in [0.2, 0.25) is 0 Å². The van der Waals surface area contributed by atoms with Crippen LogP contribution in [0.25, 0.3) is 0 Å². The zero-order valence-corrected chi connectivity index (χ0v) is 11.9. The van der Waals surface area contributed by atoms with Crippen molar-refractivity contribution in [2.45, 2.75) is 26.3 Å². The van der Waals surface area contributed by atoms with Gasteiger partial charge in [-0.25, -0.2) is 0 Å². The highest BCUT2D eigenvalue weighted by molar-refractivity contribution is 5.81. The Balaban J connectivity index is 2.77. The van der Waals surface area contributed by atoms with Gasteiger partial charge in [-0.1, -0.05) is 6.92 Å². The molecule has 0 spiro atoms. The molecular weight excluding hydrogens is 260 g/mol. The Morgan fingerprint density at radius 2 is 2.20 bits per heavy atom. The minimum absolute atomic E-state index is 0.0859. The van der Waals surface area contributed by atoms with E-state index in [9.17, 15) is 9.59 Å². The third kappa shape index (κ3) is 4.15. The summed E-state index contributed by atoms with van der Waals surface area (Å²) in [5, 5.41) is 2.78. The lowest BCUT2D eigenvalue weighted by Gasteiger charge is -2.15. The van der Waals surface area contributed by atoms with Gasteiger partial charge in [-0.05, 0) is 25.5 Å². The van der Waals surface area contributed by atoms with E-state index in [1.165, 1.54) is 19.2 Å². The van der Waals surface area contributed by atoms with Crippen LogP contribution in [0.3, 0.4) is 0 Å². The molecule has 1 rings (SSSR count). The Hall–Kier alpha value is -2.24. The number of aldehydes is 1. The summed E-state index contributed by atoms with van der Waals surface area (Å²) in [4.78, 5) is 22.4. The number of benzene rings is 1. The first-order valence-corrected chi connectivity index (χ1v) is 6.36. The Morgan fingerprint density at radius 1 is 1.50 bits per heavy atom. The van der Waals surface area contributed by atoms with Gasteiger partial charge in [0.25, 0.3) is 5.91 Å². The molecule has 6 nitrogen and oxygen atoms in total. The van der Waals surface area contributed by atoms with Crippen LogP contribution >= 0.6 is 0 Å². The van der Waals surface area contributed by atoms with Gasteiger partial charge in [-0.3, -0.25) is 9.59 Å². The van der Waals surface area contributed by atoms with E-state index in [1.807, 2.05) is 13.8 Å². The van der Waals surface area contributed by atoms with Crippen molar-refractivity contribution in [3.63, 3.8) is 0 Å². The van der Waals surface area contributed by atoms with E-state index in [2.05, 4.69) is 5.32 Å². The maximum absolute atomic E-state index is 11.6. The van der Waals surface area contributed by atoms with Gasteiger partial charge in [-0.15, -0.1) is 0 Å². The Bertz CT molecular complexity index is 488. The number of rotatable bonds is 7. The second-order valence-corrected chi connectivity index (χ2v) is 4.42. The van der Waals surface area contributed by atoms with Crippen LogP contribution in [0, 0.1) is 0 Å².